The van der Waals surface area contributed by atoms with Gasteiger partial charge in [-0.05, 0) is 16.6 Å². The van der Waals surface area contributed by atoms with Crippen LogP contribution in [0.2, 0.25) is 16.6 Å². The SMILES string of the molecule is CC(C)(C)[O-].CC(C)[Si](OCCc1sc(C(F)(F)F)nc1CO)(C(C)C)C(C)C.[K+]. The Morgan fingerprint density at radius 2 is 1.43 bits per heavy atom. The number of hydrogen-bond donors (Lipinski definition) is 1. The molecule has 0 fully saturated rings. The number of alkyl halides is 3. The van der Waals surface area contributed by atoms with E-state index in [1.807, 2.05) is 0 Å². The summed E-state index contributed by atoms with van der Waals surface area (Å²) in [5.41, 5.74) is 0.618. The maximum Gasteiger partial charge on any atom is 1.00 e. The molecule has 1 aromatic rings. The van der Waals surface area contributed by atoms with Crippen molar-refractivity contribution in [2.75, 3.05) is 6.61 Å². The Hall–Kier alpha value is 1.15. The molecular formula is C20H37F3KNO3SSi. The van der Waals surface area contributed by atoms with E-state index in [2.05, 4.69) is 46.5 Å². The number of rotatable bonds is 8. The van der Waals surface area contributed by atoms with E-state index >= 15 is 0 Å². The van der Waals surface area contributed by atoms with Gasteiger partial charge in [0.05, 0.1) is 12.3 Å². The molecule has 0 spiro atoms. The average Bonchev–Trinajstić information content (AvgIpc) is 2.92. The van der Waals surface area contributed by atoms with Gasteiger partial charge in [-0.2, -0.15) is 13.2 Å². The van der Waals surface area contributed by atoms with Gasteiger partial charge in [-0.3, -0.25) is 0 Å². The van der Waals surface area contributed by atoms with Crippen molar-refractivity contribution in [3.63, 3.8) is 0 Å². The fourth-order valence-corrected chi connectivity index (χ4v) is 10.0. The van der Waals surface area contributed by atoms with E-state index in [9.17, 15) is 23.4 Å². The van der Waals surface area contributed by atoms with Gasteiger partial charge < -0.3 is 14.6 Å². The summed E-state index contributed by atoms with van der Waals surface area (Å²) in [4.78, 5) is 3.98. The van der Waals surface area contributed by atoms with Crippen LogP contribution in [-0.2, 0) is 23.6 Å². The van der Waals surface area contributed by atoms with E-state index in [1.165, 1.54) is 0 Å². The molecule has 0 saturated carbocycles. The molecule has 0 aliphatic carbocycles. The molecule has 0 atom stereocenters. The van der Waals surface area contributed by atoms with Crippen molar-refractivity contribution in [2.24, 2.45) is 0 Å². The zero-order valence-electron chi connectivity index (χ0n) is 20.1. The van der Waals surface area contributed by atoms with Crippen LogP contribution in [0.4, 0.5) is 13.2 Å². The molecule has 1 heterocycles. The summed E-state index contributed by atoms with van der Waals surface area (Å²) in [6.45, 7) is 17.8. The first-order chi connectivity index (χ1) is 13.0. The van der Waals surface area contributed by atoms with Crippen LogP contribution in [0.15, 0.2) is 0 Å². The fraction of sp³-hybridized carbons (Fsp3) is 0.850. The third kappa shape index (κ3) is 10.8. The first-order valence-electron chi connectivity index (χ1n) is 9.97. The van der Waals surface area contributed by atoms with Crippen LogP contribution in [0.1, 0.15) is 77.9 Å². The predicted octanol–water partition coefficient (Wildman–Crippen LogP) is 2.54. The minimum atomic E-state index is -4.47. The zero-order chi connectivity index (χ0) is 23.2. The van der Waals surface area contributed by atoms with Gasteiger partial charge in [-0.25, -0.2) is 4.98 Å². The second-order valence-electron chi connectivity index (χ2n) is 9.07. The maximum atomic E-state index is 12.8. The smallest absolute Gasteiger partial charge is 0.850 e. The van der Waals surface area contributed by atoms with Crippen molar-refractivity contribution in [1.29, 1.82) is 0 Å². The van der Waals surface area contributed by atoms with Gasteiger partial charge in [-0.1, -0.05) is 62.3 Å². The second-order valence-corrected chi connectivity index (χ2v) is 15.6. The van der Waals surface area contributed by atoms with Gasteiger partial charge in [0, 0.05) is 17.9 Å². The minimum absolute atomic E-state index is 0. The Morgan fingerprint density at radius 1 is 1.03 bits per heavy atom. The third-order valence-electron chi connectivity index (χ3n) is 4.56. The standard InChI is InChI=1S/C16H28F3NO2SSi.C4H9O.K/c1-10(2)24(11(3)4,12(5)6)22-8-7-14-13(9-21)20-15(23-14)16(17,18)19;1-4(2,3)5;/h10-12,21H,7-9H2,1-6H3;1-3H3;/q;-1;+1. The molecule has 0 aliphatic heterocycles. The largest absolute Gasteiger partial charge is 1.00 e. The number of aliphatic hydroxyl groups is 1. The van der Waals surface area contributed by atoms with Crippen molar-refractivity contribution < 1.29 is 79.2 Å². The number of nitrogens with zero attached hydrogens (tertiary/aromatic N) is 1. The van der Waals surface area contributed by atoms with E-state index in [4.69, 9.17) is 4.43 Å². The van der Waals surface area contributed by atoms with Crippen molar-refractivity contribution >= 4 is 19.7 Å². The summed E-state index contributed by atoms with van der Waals surface area (Å²) >= 11 is 0.606. The number of aromatic nitrogens is 1. The van der Waals surface area contributed by atoms with Crippen molar-refractivity contribution in [3.8, 4) is 0 Å². The van der Waals surface area contributed by atoms with Gasteiger partial charge in [0.15, 0.2) is 13.3 Å². The summed E-state index contributed by atoms with van der Waals surface area (Å²) in [7, 11) is -2.04. The van der Waals surface area contributed by atoms with Crippen LogP contribution in [-0.4, -0.2) is 30.6 Å². The zero-order valence-corrected chi connectivity index (χ0v) is 25.0. The van der Waals surface area contributed by atoms with Gasteiger partial charge in [0.1, 0.15) is 0 Å². The molecule has 0 unspecified atom stereocenters. The molecule has 4 nitrogen and oxygen atoms in total. The molecule has 10 heteroatoms. The van der Waals surface area contributed by atoms with E-state index in [-0.39, 0.29) is 57.1 Å². The van der Waals surface area contributed by atoms with Crippen molar-refractivity contribution in [2.45, 2.75) is 104 Å². The summed E-state index contributed by atoms with van der Waals surface area (Å²) < 4.78 is 44.7. The third-order valence-corrected chi connectivity index (χ3v) is 11.9. The first kappa shape index (κ1) is 33.3. The van der Waals surface area contributed by atoms with Gasteiger partial charge in [0.2, 0.25) is 0 Å². The van der Waals surface area contributed by atoms with E-state index in [0.717, 1.165) is 0 Å². The normalized spacial score (nSPS) is 12.8. The number of aliphatic hydroxyl groups excluding tert-OH is 1. The molecule has 30 heavy (non-hydrogen) atoms. The van der Waals surface area contributed by atoms with Crippen molar-refractivity contribution in [3.05, 3.63) is 15.6 Å². The Labute approximate surface area is 227 Å². The van der Waals surface area contributed by atoms with Gasteiger partial charge in [0.25, 0.3) is 0 Å². The van der Waals surface area contributed by atoms with E-state index in [0.29, 0.717) is 45.9 Å². The van der Waals surface area contributed by atoms with E-state index in [1.54, 1.807) is 20.8 Å². The van der Waals surface area contributed by atoms with Crippen LogP contribution in [0.3, 0.4) is 0 Å². The summed E-state index contributed by atoms with van der Waals surface area (Å²) in [5.74, 6) is 0. The Bertz CT molecular complexity index is 590. The molecule has 0 aliphatic rings. The maximum absolute atomic E-state index is 12.8. The van der Waals surface area contributed by atoms with Crippen LogP contribution >= 0.6 is 11.3 Å². The van der Waals surface area contributed by atoms with Crippen LogP contribution in [0.25, 0.3) is 0 Å². The monoisotopic (exact) mass is 495 g/mol. The quantitative estimate of drug-likeness (QED) is 0.563. The van der Waals surface area contributed by atoms with Crippen LogP contribution in [0, 0.1) is 0 Å². The molecule has 0 amide bonds. The average molecular weight is 496 g/mol. The number of hydrogen-bond acceptors (Lipinski definition) is 5. The topological polar surface area (TPSA) is 65.4 Å². The summed E-state index contributed by atoms with van der Waals surface area (Å²) in [6.07, 6.45) is -4.12. The molecule has 0 aromatic carbocycles. The van der Waals surface area contributed by atoms with Crippen LogP contribution < -0.4 is 56.5 Å². The van der Waals surface area contributed by atoms with Gasteiger partial charge >= 0.3 is 57.6 Å². The molecule has 0 saturated heterocycles. The Kier molecular flexibility index (Phi) is 15.3. The number of thiazole rings is 1. The van der Waals surface area contributed by atoms with E-state index < -0.39 is 31.7 Å². The molecular weight excluding hydrogens is 458 g/mol. The van der Waals surface area contributed by atoms with Gasteiger partial charge in [-0.15, -0.1) is 16.9 Å². The Morgan fingerprint density at radius 3 is 1.73 bits per heavy atom. The summed E-state index contributed by atoms with van der Waals surface area (Å²) in [6, 6.07) is 0. The molecule has 1 N–H and O–H groups in total. The van der Waals surface area contributed by atoms with Crippen LogP contribution in [0.5, 0.6) is 0 Å². The predicted molar refractivity (Wildman–Crippen MR) is 113 cm³/mol. The van der Waals surface area contributed by atoms with Crippen molar-refractivity contribution in [1.82, 2.24) is 4.98 Å². The molecule has 1 rings (SSSR count). The molecule has 0 bridgehead atoms. The Balaban J connectivity index is 0. The molecule has 172 valence electrons. The summed E-state index contributed by atoms with van der Waals surface area (Å²) in [5, 5.41) is 18.5. The first-order valence-corrected chi connectivity index (χ1v) is 12.9. The minimum Gasteiger partial charge on any atom is -0.850 e. The number of halogens is 3. The fourth-order valence-electron chi connectivity index (χ4n) is 3.64. The molecule has 1 aromatic heterocycles. The molecule has 0 radical (unpaired) electrons. The second kappa shape index (κ2) is 13.8.